The number of nitrogens with zero attached hydrogens (tertiary/aromatic N) is 5. The van der Waals surface area contributed by atoms with Crippen molar-refractivity contribution in [2.75, 3.05) is 11.1 Å². The average molecular weight is 404 g/mol. The highest BCUT2D eigenvalue weighted by atomic mass is 32.2. The molecule has 8 nitrogen and oxygen atoms in total. The van der Waals surface area contributed by atoms with E-state index in [1.807, 2.05) is 30.3 Å². The van der Waals surface area contributed by atoms with Gasteiger partial charge in [0.15, 0.2) is 10.8 Å². The first-order valence-electron chi connectivity index (χ1n) is 9.10. The zero-order chi connectivity index (χ0) is 19.8. The van der Waals surface area contributed by atoms with E-state index in [4.69, 9.17) is 0 Å². The minimum absolute atomic E-state index is 0.173. The molecule has 1 atom stereocenters. The Balaban J connectivity index is 1.46. The predicted molar refractivity (Wildman–Crippen MR) is 110 cm³/mol. The van der Waals surface area contributed by atoms with Crippen LogP contribution < -0.4 is 10.9 Å². The van der Waals surface area contributed by atoms with E-state index in [2.05, 4.69) is 20.4 Å². The maximum absolute atomic E-state index is 13.1. The first-order chi connectivity index (χ1) is 14.2. The predicted octanol–water partition coefficient (Wildman–Crippen LogP) is 2.65. The van der Waals surface area contributed by atoms with Gasteiger partial charge >= 0.3 is 0 Å². The molecule has 1 aliphatic heterocycles. The molecule has 5 rings (SSSR count). The SMILES string of the molecule is O=C(C[C@H]1CSc2nc3c(cnn3-c3ccccc3)c(=O)n21)Nc1ccccn1. The van der Waals surface area contributed by atoms with Crippen LogP contribution in [-0.2, 0) is 4.79 Å². The van der Waals surface area contributed by atoms with Crippen molar-refractivity contribution in [3.8, 4) is 5.69 Å². The Morgan fingerprint density at radius 3 is 2.79 bits per heavy atom. The van der Waals surface area contributed by atoms with Gasteiger partial charge in [-0.2, -0.15) is 5.10 Å². The Morgan fingerprint density at radius 2 is 2.00 bits per heavy atom. The Morgan fingerprint density at radius 1 is 1.17 bits per heavy atom. The van der Waals surface area contributed by atoms with Gasteiger partial charge in [0.05, 0.1) is 17.9 Å². The van der Waals surface area contributed by atoms with Gasteiger partial charge < -0.3 is 5.32 Å². The van der Waals surface area contributed by atoms with Gasteiger partial charge in [0.25, 0.3) is 5.56 Å². The number of fused-ring (bicyclic) bond motifs is 2. The summed E-state index contributed by atoms with van der Waals surface area (Å²) in [4.78, 5) is 34.3. The first kappa shape index (κ1) is 17.6. The fourth-order valence-electron chi connectivity index (χ4n) is 3.38. The molecule has 0 saturated heterocycles. The summed E-state index contributed by atoms with van der Waals surface area (Å²) in [5.41, 5.74) is 1.19. The number of hydrogen-bond acceptors (Lipinski definition) is 6. The largest absolute Gasteiger partial charge is 0.311 e. The number of thioether (sulfide) groups is 1. The Kier molecular flexibility index (Phi) is 4.36. The van der Waals surface area contributed by atoms with Crippen LogP contribution in [0.2, 0.25) is 0 Å². The smallest absolute Gasteiger partial charge is 0.265 e. The number of anilines is 1. The lowest BCUT2D eigenvalue weighted by Crippen LogP contribution is -2.27. The summed E-state index contributed by atoms with van der Waals surface area (Å²) in [5.74, 6) is 0.922. The highest BCUT2D eigenvalue weighted by Crippen LogP contribution is 2.33. The molecule has 1 N–H and O–H groups in total. The third-order valence-corrected chi connectivity index (χ3v) is 5.82. The van der Waals surface area contributed by atoms with E-state index in [1.165, 1.54) is 11.8 Å². The maximum Gasteiger partial charge on any atom is 0.265 e. The monoisotopic (exact) mass is 404 g/mol. The molecule has 3 aromatic heterocycles. The van der Waals surface area contributed by atoms with Crippen LogP contribution in [0.1, 0.15) is 12.5 Å². The Labute approximate surface area is 169 Å². The first-order valence-corrected chi connectivity index (χ1v) is 10.1. The molecule has 1 aliphatic rings. The summed E-state index contributed by atoms with van der Waals surface area (Å²) in [5, 5.41) is 8.17. The van der Waals surface area contributed by atoms with E-state index in [-0.39, 0.29) is 23.9 Å². The van der Waals surface area contributed by atoms with Crippen LogP contribution in [-0.4, -0.2) is 36.0 Å². The molecule has 4 aromatic rings. The van der Waals surface area contributed by atoms with Gasteiger partial charge in [-0.05, 0) is 24.3 Å². The van der Waals surface area contributed by atoms with E-state index >= 15 is 0 Å². The number of aromatic nitrogens is 5. The van der Waals surface area contributed by atoms with E-state index in [0.717, 1.165) is 5.69 Å². The number of benzene rings is 1. The lowest BCUT2D eigenvalue weighted by atomic mass is 10.2. The van der Waals surface area contributed by atoms with Crippen molar-refractivity contribution in [3.05, 3.63) is 71.3 Å². The van der Waals surface area contributed by atoms with Crippen molar-refractivity contribution in [1.82, 2.24) is 24.3 Å². The van der Waals surface area contributed by atoms with Gasteiger partial charge in [-0.15, -0.1) is 0 Å². The number of hydrogen-bond donors (Lipinski definition) is 1. The fraction of sp³-hybridized carbons (Fsp3) is 0.150. The molecule has 29 heavy (non-hydrogen) atoms. The van der Waals surface area contributed by atoms with Crippen LogP contribution in [0.3, 0.4) is 0 Å². The maximum atomic E-state index is 13.1. The summed E-state index contributed by atoms with van der Waals surface area (Å²) in [6.07, 6.45) is 3.33. The second kappa shape index (κ2) is 7.17. The molecule has 0 saturated carbocycles. The second-order valence-electron chi connectivity index (χ2n) is 6.63. The molecule has 1 aromatic carbocycles. The second-order valence-corrected chi connectivity index (χ2v) is 7.62. The van der Waals surface area contributed by atoms with Crippen molar-refractivity contribution in [3.63, 3.8) is 0 Å². The van der Waals surface area contributed by atoms with Crippen molar-refractivity contribution in [2.45, 2.75) is 17.6 Å². The van der Waals surface area contributed by atoms with E-state index in [9.17, 15) is 9.59 Å². The molecule has 0 aliphatic carbocycles. The Bertz CT molecular complexity index is 1250. The minimum atomic E-state index is -0.261. The normalized spacial score (nSPS) is 15.4. The zero-order valence-corrected chi connectivity index (χ0v) is 16.0. The number of carbonyl (C=O) groups excluding carboxylic acids is 1. The van der Waals surface area contributed by atoms with Crippen LogP contribution in [0.4, 0.5) is 5.82 Å². The summed E-state index contributed by atoms with van der Waals surface area (Å²) >= 11 is 1.48. The van der Waals surface area contributed by atoms with Crippen LogP contribution >= 0.6 is 11.8 Å². The molecule has 0 radical (unpaired) electrons. The molecule has 0 bridgehead atoms. The van der Waals surface area contributed by atoms with Crippen LogP contribution in [0.25, 0.3) is 16.7 Å². The summed E-state index contributed by atoms with van der Waals surface area (Å²) in [6.45, 7) is 0. The molecule has 1 amide bonds. The molecular weight excluding hydrogens is 388 g/mol. The number of carbonyl (C=O) groups is 1. The average Bonchev–Trinajstić information content (AvgIpc) is 3.34. The fourth-order valence-corrected chi connectivity index (χ4v) is 4.51. The molecule has 9 heteroatoms. The van der Waals surface area contributed by atoms with Crippen molar-refractivity contribution in [2.24, 2.45) is 0 Å². The quantitative estimate of drug-likeness (QED) is 0.526. The topological polar surface area (TPSA) is 94.7 Å². The molecule has 0 unspecified atom stereocenters. The number of rotatable bonds is 4. The highest BCUT2D eigenvalue weighted by Gasteiger charge is 2.29. The van der Waals surface area contributed by atoms with Gasteiger partial charge in [-0.25, -0.2) is 14.6 Å². The van der Waals surface area contributed by atoms with E-state index in [1.54, 1.807) is 39.8 Å². The minimum Gasteiger partial charge on any atom is -0.311 e. The van der Waals surface area contributed by atoms with Gasteiger partial charge in [0.2, 0.25) is 5.91 Å². The number of pyridine rings is 1. The molecular formula is C20H16N6O2S. The van der Waals surface area contributed by atoms with Crippen molar-refractivity contribution in [1.29, 1.82) is 0 Å². The molecule has 4 heterocycles. The molecule has 0 spiro atoms. The number of para-hydroxylation sites is 1. The van der Waals surface area contributed by atoms with Crippen molar-refractivity contribution < 1.29 is 4.79 Å². The summed E-state index contributed by atoms with van der Waals surface area (Å²) in [6, 6.07) is 14.6. The van der Waals surface area contributed by atoms with E-state index in [0.29, 0.717) is 27.8 Å². The summed E-state index contributed by atoms with van der Waals surface area (Å²) < 4.78 is 3.28. The zero-order valence-electron chi connectivity index (χ0n) is 15.2. The standard InChI is InChI=1S/C20H16N6O2S/c27-17(23-16-8-4-5-9-21-16)10-14-12-29-20-24-18-15(19(28)25(14)20)11-22-26(18)13-6-2-1-3-7-13/h1-9,11,14H,10,12H2,(H,21,23,27)/t14-/m0/s1. The lowest BCUT2D eigenvalue weighted by Gasteiger charge is -2.13. The molecule has 0 fully saturated rings. The third-order valence-electron chi connectivity index (χ3n) is 4.72. The number of amides is 1. The molecule has 144 valence electrons. The highest BCUT2D eigenvalue weighted by molar-refractivity contribution is 7.99. The summed E-state index contributed by atoms with van der Waals surface area (Å²) in [7, 11) is 0. The van der Waals surface area contributed by atoms with Gasteiger partial charge in [0, 0.05) is 18.4 Å². The number of nitrogens with one attached hydrogen (secondary N) is 1. The Hall–Kier alpha value is -3.46. The third kappa shape index (κ3) is 3.19. The van der Waals surface area contributed by atoms with Gasteiger partial charge in [-0.1, -0.05) is 36.0 Å². The van der Waals surface area contributed by atoms with E-state index < -0.39 is 0 Å². The van der Waals surface area contributed by atoms with Gasteiger partial charge in [0.1, 0.15) is 11.2 Å². The van der Waals surface area contributed by atoms with Crippen LogP contribution in [0.15, 0.2) is 70.9 Å². The van der Waals surface area contributed by atoms with Gasteiger partial charge in [-0.3, -0.25) is 14.2 Å². The van der Waals surface area contributed by atoms with Crippen LogP contribution in [0.5, 0.6) is 0 Å². The van der Waals surface area contributed by atoms with Crippen LogP contribution in [0, 0.1) is 0 Å². The lowest BCUT2D eigenvalue weighted by molar-refractivity contribution is -0.116. The van der Waals surface area contributed by atoms with Crippen molar-refractivity contribution >= 4 is 34.5 Å².